The highest BCUT2D eigenvalue weighted by Gasteiger charge is 2.61. The van der Waals surface area contributed by atoms with Gasteiger partial charge in [0.25, 0.3) is 5.60 Å². The average Bonchev–Trinajstić information content (AvgIpc) is 2.26. The second kappa shape index (κ2) is 6.50. The van der Waals surface area contributed by atoms with Crippen LogP contribution >= 0.6 is 0 Å². The standard InChI is InChI=1S/C10H13F3O6/c1-3-19-7(15)4-6(14)5-9(17,8(16)18-2)10(11,12)13/h17H,3-5H2,1-2H3. The van der Waals surface area contributed by atoms with E-state index in [2.05, 4.69) is 9.47 Å². The Morgan fingerprint density at radius 3 is 2.11 bits per heavy atom. The Balaban J connectivity index is 4.91. The van der Waals surface area contributed by atoms with Crippen molar-refractivity contribution in [1.82, 2.24) is 0 Å². The van der Waals surface area contributed by atoms with E-state index in [-0.39, 0.29) is 6.61 Å². The van der Waals surface area contributed by atoms with Crippen LogP contribution in [-0.2, 0) is 23.9 Å². The fraction of sp³-hybridized carbons (Fsp3) is 0.700. The van der Waals surface area contributed by atoms with Crippen LogP contribution < -0.4 is 0 Å². The van der Waals surface area contributed by atoms with Gasteiger partial charge < -0.3 is 14.6 Å². The third-order valence-corrected chi connectivity index (χ3v) is 2.09. The normalized spacial score (nSPS) is 14.4. The maximum atomic E-state index is 12.6. The quantitative estimate of drug-likeness (QED) is 0.560. The van der Waals surface area contributed by atoms with Crippen molar-refractivity contribution in [2.24, 2.45) is 0 Å². The molecule has 0 aliphatic rings. The van der Waals surface area contributed by atoms with Crippen LogP contribution in [0.2, 0.25) is 0 Å². The minimum Gasteiger partial charge on any atom is -0.467 e. The molecule has 1 N–H and O–H groups in total. The molecule has 1 unspecified atom stereocenters. The van der Waals surface area contributed by atoms with E-state index in [0.29, 0.717) is 7.11 Å². The Morgan fingerprint density at radius 2 is 1.74 bits per heavy atom. The molecule has 0 amide bonds. The summed E-state index contributed by atoms with van der Waals surface area (Å²) in [4.78, 5) is 33.1. The lowest BCUT2D eigenvalue weighted by Crippen LogP contribution is -2.54. The number of Topliss-reactive ketones (excluding diaryl/α,β-unsaturated/α-hetero) is 1. The molecule has 0 fully saturated rings. The van der Waals surface area contributed by atoms with Crippen molar-refractivity contribution in [3.05, 3.63) is 0 Å². The summed E-state index contributed by atoms with van der Waals surface area (Å²) in [6.07, 6.45) is -7.98. The first-order valence-electron chi connectivity index (χ1n) is 5.13. The van der Waals surface area contributed by atoms with Crippen LogP contribution in [0.1, 0.15) is 19.8 Å². The van der Waals surface area contributed by atoms with Crippen LogP contribution in [0.25, 0.3) is 0 Å². The second-order valence-corrected chi connectivity index (χ2v) is 3.55. The molecule has 0 aromatic carbocycles. The number of halogens is 3. The smallest absolute Gasteiger partial charge is 0.428 e. The number of carbonyl (C=O) groups excluding carboxylic acids is 3. The van der Waals surface area contributed by atoms with E-state index in [4.69, 9.17) is 0 Å². The molecular weight excluding hydrogens is 273 g/mol. The summed E-state index contributed by atoms with van der Waals surface area (Å²) >= 11 is 0. The van der Waals surface area contributed by atoms with E-state index in [1.165, 1.54) is 6.92 Å². The van der Waals surface area contributed by atoms with Gasteiger partial charge in [0.2, 0.25) is 0 Å². The summed E-state index contributed by atoms with van der Waals surface area (Å²) in [5.74, 6) is -4.34. The molecule has 1 atom stereocenters. The zero-order valence-corrected chi connectivity index (χ0v) is 10.2. The number of hydrogen-bond donors (Lipinski definition) is 1. The van der Waals surface area contributed by atoms with Crippen LogP contribution in [0.15, 0.2) is 0 Å². The minimum atomic E-state index is -5.40. The molecule has 0 saturated heterocycles. The van der Waals surface area contributed by atoms with E-state index in [9.17, 15) is 32.7 Å². The number of carbonyl (C=O) groups is 3. The van der Waals surface area contributed by atoms with Crippen molar-refractivity contribution in [2.45, 2.75) is 31.5 Å². The number of rotatable bonds is 6. The Labute approximate surface area is 106 Å². The van der Waals surface area contributed by atoms with E-state index in [1.54, 1.807) is 0 Å². The van der Waals surface area contributed by atoms with Gasteiger partial charge in [-0.05, 0) is 6.92 Å². The number of methoxy groups -OCH3 is 1. The highest BCUT2D eigenvalue weighted by molar-refractivity contribution is 5.98. The molecule has 0 aromatic heterocycles. The lowest BCUT2D eigenvalue weighted by Gasteiger charge is -2.26. The van der Waals surface area contributed by atoms with Gasteiger partial charge in [-0.1, -0.05) is 0 Å². The van der Waals surface area contributed by atoms with Crippen LogP contribution in [0.3, 0.4) is 0 Å². The summed E-state index contributed by atoms with van der Waals surface area (Å²) in [6, 6.07) is 0. The number of alkyl halides is 3. The van der Waals surface area contributed by atoms with Gasteiger partial charge in [0, 0.05) is 0 Å². The first-order valence-corrected chi connectivity index (χ1v) is 5.13. The third kappa shape index (κ3) is 4.51. The van der Waals surface area contributed by atoms with Gasteiger partial charge in [0.1, 0.15) is 12.2 Å². The van der Waals surface area contributed by atoms with E-state index in [0.717, 1.165) is 0 Å². The maximum absolute atomic E-state index is 12.6. The SMILES string of the molecule is CCOC(=O)CC(=O)CC(O)(C(=O)OC)C(F)(F)F. The molecule has 6 nitrogen and oxygen atoms in total. The molecule has 0 bridgehead atoms. The minimum absolute atomic E-state index is 0.0490. The zero-order chi connectivity index (χ0) is 15.3. The van der Waals surface area contributed by atoms with Crippen LogP contribution in [0.4, 0.5) is 13.2 Å². The van der Waals surface area contributed by atoms with E-state index < -0.39 is 42.3 Å². The summed E-state index contributed by atoms with van der Waals surface area (Å²) in [7, 11) is 0.634. The fourth-order valence-electron chi connectivity index (χ4n) is 1.18. The van der Waals surface area contributed by atoms with Crippen molar-refractivity contribution in [3.8, 4) is 0 Å². The molecule has 9 heteroatoms. The predicted octanol–water partition coefficient (Wildman–Crippen LogP) is 0.365. The Kier molecular flexibility index (Phi) is 5.94. The Bertz CT molecular complexity index is 365. The molecule has 0 aliphatic carbocycles. The van der Waals surface area contributed by atoms with E-state index in [1.807, 2.05) is 0 Å². The predicted molar refractivity (Wildman–Crippen MR) is 53.9 cm³/mol. The largest absolute Gasteiger partial charge is 0.467 e. The molecule has 0 heterocycles. The van der Waals surface area contributed by atoms with Crippen molar-refractivity contribution < 1.29 is 42.1 Å². The summed E-state index contributed by atoms with van der Waals surface area (Å²) in [6.45, 7) is 1.40. The molecular formula is C10H13F3O6. The molecule has 0 radical (unpaired) electrons. The lowest BCUT2D eigenvalue weighted by atomic mass is 9.95. The van der Waals surface area contributed by atoms with Crippen molar-refractivity contribution in [1.29, 1.82) is 0 Å². The summed E-state index contributed by atoms with van der Waals surface area (Å²) in [5.41, 5.74) is -3.97. The Hall–Kier alpha value is -1.64. The number of esters is 2. The maximum Gasteiger partial charge on any atom is 0.428 e. The van der Waals surface area contributed by atoms with Crippen molar-refractivity contribution >= 4 is 17.7 Å². The summed E-state index contributed by atoms with van der Waals surface area (Å²) in [5, 5.41) is 9.26. The number of ketones is 1. The fourth-order valence-corrected chi connectivity index (χ4v) is 1.18. The topological polar surface area (TPSA) is 89.9 Å². The number of hydrogen-bond acceptors (Lipinski definition) is 6. The van der Waals surface area contributed by atoms with Gasteiger partial charge in [-0.25, -0.2) is 4.79 Å². The van der Waals surface area contributed by atoms with Gasteiger partial charge in [0.15, 0.2) is 0 Å². The van der Waals surface area contributed by atoms with E-state index >= 15 is 0 Å². The second-order valence-electron chi connectivity index (χ2n) is 3.55. The molecule has 19 heavy (non-hydrogen) atoms. The highest BCUT2D eigenvalue weighted by atomic mass is 19.4. The van der Waals surface area contributed by atoms with Gasteiger partial charge >= 0.3 is 18.1 Å². The van der Waals surface area contributed by atoms with Crippen LogP contribution in [0.5, 0.6) is 0 Å². The number of ether oxygens (including phenoxy) is 2. The lowest BCUT2D eigenvalue weighted by molar-refractivity contribution is -0.262. The summed E-state index contributed by atoms with van der Waals surface area (Å²) < 4.78 is 45.9. The molecule has 0 rings (SSSR count). The van der Waals surface area contributed by atoms with Gasteiger partial charge in [-0.15, -0.1) is 0 Å². The molecule has 0 spiro atoms. The van der Waals surface area contributed by atoms with Crippen molar-refractivity contribution in [2.75, 3.05) is 13.7 Å². The first kappa shape index (κ1) is 17.4. The van der Waals surface area contributed by atoms with Crippen LogP contribution in [-0.4, -0.2) is 48.3 Å². The molecule has 110 valence electrons. The molecule has 0 aliphatic heterocycles. The number of aliphatic hydroxyl groups is 1. The monoisotopic (exact) mass is 286 g/mol. The molecule has 0 saturated carbocycles. The zero-order valence-electron chi connectivity index (χ0n) is 10.2. The first-order chi connectivity index (χ1) is 8.58. The van der Waals surface area contributed by atoms with Crippen LogP contribution in [0, 0.1) is 0 Å². The highest BCUT2D eigenvalue weighted by Crippen LogP contribution is 2.34. The third-order valence-electron chi connectivity index (χ3n) is 2.09. The van der Waals surface area contributed by atoms with Crippen molar-refractivity contribution in [3.63, 3.8) is 0 Å². The molecule has 0 aromatic rings. The Morgan fingerprint density at radius 1 is 1.21 bits per heavy atom. The van der Waals surface area contributed by atoms with Gasteiger partial charge in [-0.3, -0.25) is 9.59 Å². The van der Waals surface area contributed by atoms with Gasteiger partial charge in [0.05, 0.1) is 20.1 Å². The average molecular weight is 286 g/mol. The van der Waals surface area contributed by atoms with Gasteiger partial charge in [-0.2, -0.15) is 13.2 Å².